The molecule has 0 fully saturated rings. The molecule has 0 bridgehead atoms. The molecular formula is C23H22N4O2. The van der Waals surface area contributed by atoms with Gasteiger partial charge in [-0.1, -0.05) is 36.4 Å². The number of nitrogens with two attached hydrogens (primary N) is 2. The van der Waals surface area contributed by atoms with Crippen LogP contribution in [0.2, 0.25) is 0 Å². The molecule has 0 aliphatic carbocycles. The van der Waals surface area contributed by atoms with E-state index in [1.165, 1.54) is 12.3 Å². The number of nitrogens with one attached hydrogen (secondary N) is 1. The lowest BCUT2D eigenvalue weighted by Gasteiger charge is -2.06. The Kier molecular flexibility index (Phi) is 6.37. The first kappa shape index (κ1) is 19.8. The zero-order valence-electron chi connectivity index (χ0n) is 15.8. The van der Waals surface area contributed by atoms with E-state index in [9.17, 15) is 9.59 Å². The standard InChI is InChI=1S/C23H22N4O2/c24-20-8-3-16(4-9-20)5-10-23(29)27-14-17-1-6-18(7-2-17)22(28)13-19-11-12-26-15-21(19)25/h1-12,15H,13-14,24-25H2,(H,27,29)/b10-5+. The smallest absolute Gasteiger partial charge is 0.244 e. The molecule has 1 amide bonds. The Morgan fingerprint density at radius 3 is 2.38 bits per heavy atom. The number of hydrogen-bond acceptors (Lipinski definition) is 5. The van der Waals surface area contributed by atoms with Gasteiger partial charge in [0.05, 0.1) is 11.9 Å². The van der Waals surface area contributed by atoms with E-state index in [0.29, 0.717) is 23.5 Å². The van der Waals surface area contributed by atoms with E-state index in [4.69, 9.17) is 11.5 Å². The van der Waals surface area contributed by atoms with Crippen molar-refractivity contribution in [1.29, 1.82) is 0 Å². The summed E-state index contributed by atoms with van der Waals surface area (Å²) in [6.07, 6.45) is 6.58. The molecule has 0 radical (unpaired) electrons. The van der Waals surface area contributed by atoms with Gasteiger partial charge in [0.1, 0.15) is 0 Å². The number of rotatable bonds is 7. The lowest BCUT2D eigenvalue weighted by atomic mass is 10.0. The lowest BCUT2D eigenvalue weighted by molar-refractivity contribution is -0.116. The largest absolute Gasteiger partial charge is 0.399 e. The molecule has 6 nitrogen and oxygen atoms in total. The van der Waals surface area contributed by atoms with E-state index in [1.54, 1.807) is 42.6 Å². The van der Waals surface area contributed by atoms with E-state index in [2.05, 4.69) is 10.3 Å². The van der Waals surface area contributed by atoms with Gasteiger partial charge in [-0.15, -0.1) is 0 Å². The molecule has 29 heavy (non-hydrogen) atoms. The Labute approximate surface area is 169 Å². The number of nitrogen functional groups attached to an aromatic ring is 2. The van der Waals surface area contributed by atoms with E-state index in [-0.39, 0.29) is 18.1 Å². The van der Waals surface area contributed by atoms with E-state index < -0.39 is 0 Å². The summed E-state index contributed by atoms with van der Waals surface area (Å²) >= 11 is 0. The Morgan fingerprint density at radius 2 is 1.69 bits per heavy atom. The molecule has 0 atom stereocenters. The monoisotopic (exact) mass is 386 g/mol. The summed E-state index contributed by atoms with van der Waals surface area (Å²) in [5.74, 6) is -0.222. The highest BCUT2D eigenvalue weighted by Crippen LogP contribution is 2.14. The van der Waals surface area contributed by atoms with Crippen molar-refractivity contribution < 1.29 is 9.59 Å². The number of nitrogens with zero attached hydrogens (tertiary/aromatic N) is 1. The minimum absolute atomic E-state index is 0.0232. The molecule has 0 aliphatic heterocycles. The maximum atomic E-state index is 12.4. The van der Waals surface area contributed by atoms with Crippen molar-refractivity contribution in [2.75, 3.05) is 11.5 Å². The number of anilines is 2. The Bertz CT molecular complexity index is 1030. The molecular weight excluding hydrogens is 364 g/mol. The van der Waals surface area contributed by atoms with Gasteiger partial charge in [-0.25, -0.2) is 0 Å². The molecule has 1 aromatic heterocycles. The number of Topliss-reactive ketones (excluding diaryl/α,β-unsaturated/α-hetero) is 1. The van der Waals surface area contributed by atoms with E-state index >= 15 is 0 Å². The molecule has 0 unspecified atom stereocenters. The topological polar surface area (TPSA) is 111 Å². The molecule has 146 valence electrons. The van der Waals surface area contributed by atoms with Crippen LogP contribution < -0.4 is 16.8 Å². The number of carbonyl (C=O) groups is 2. The average Bonchev–Trinajstić information content (AvgIpc) is 2.74. The van der Waals surface area contributed by atoms with Gasteiger partial charge in [-0.2, -0.15) is 0 Å². The average molecular weight is 386 g/mol. The van der Waals surface area contributed by atoms with Crippen LogP contribution >= 0.6 is 0 Å². The Hall–Kier alpha value is -3.93. The van der Waals surface area contributed by atoms with Gasteiger partial charge < -0.3 is 16.8 Å². The maximum Gasteiger partial charge on any atom is 0.244 e. The molecule has 3 rings (SSSR count). The van der Waals surface area contributed by atoms with Crippen LogP contribution in [0.4, 0.5) is 11.4 Å². The van der Waals surface area contributed by atoms with Gasteiger partial charge in [0.2, 0.25) is 5.91 Å². The van der Waals surface area contributed by atoms with Crippen LogP contribution in [0, 0.1) is 0 Å². The van der Waals surface area contributed by atoms with Crippen molar-refractivity contribution >= 4 is 29.1 Å². The van der Waals surface area contributed by atoms with Crippen molar-refractivity contribution in [3.05, 3.63) is 95.3 Å². The van der Waals surface area contributed by atoms with Crippen LogP contribution in [-0.4, -0.2) is 16.7 Å². The van der Waals surface area contributed by atoms with E-state index in [1.807, 2.05) is 24.3 Å². The van der Waals surface area contributed by atoms with Crippen molar-refractivity contribution in [1.82, 2.24) is 10.3 Å². The molecule has 0 aliphatic rings. The fourth-order valence-corrected chi connectivity index (χ4v) is 2.71. The summed E-state index contributed by atoms with van der Waals surface area (Å²) in [6, 6.07) is 16.2. The Balaban J connectivity index is 1.52. The lowest BCUT2D eigenvalue weighted by Crippen LogP contribution is -2.20. The van der Waals surface area contributed by atoms with Crippen LogP contribution in [0.5, 0.6) is 0 Å². The van der Waals surface area contributed by atoms with Crippen molar-refractivity contribution in [2.24, 2.45) is 0 Å². The van der Waals surface area contributed by atoms with Gasteiger partial charge in [0.25, 0.3) is 0 Å². The third-order valence-electron chi connectivity index (χ3n) is 4.40. The van der Waals surface area contributed by atoms with Gasteiger partial charge >= 0.3 is 0 Å². The number of carbonyl (C=O) groups excluding carboxylic acids is 2. The Morgan fingerprint density at radius 1 is 0.966 bits per heavy atom. The van der Waals surface area contributed by atoms with Crippen LogP contribution in [0.15, 0.2) is 73.1 Å². The molecule has 3 aromatic rings. The predicted octanol–water partition coefficient (Wildman–Crippen LogP) is 3.00. The number of aromatic nitrogens is 1. The minimum atomic E-state index is -0.199. The summed E-state index contributed by atoms with van der Waals surface area (Å²) in [6.45, 7) is 0.372. The van der Waals surface area contributed by atoms with Crippen molar-refractivity contribution in [3.63, 3.8) is 0 Å². The normalized spacial score (nSPS) is 10.8. The van der Waals surface area contributed by atoms with Crippen LogP contribution in [-0.2, 0) is 17.8 Å². The number of benzene rings is 2. The van der Waals surface area contributed by atoms with Crippen molar-refractivity contribution in [2.45, 2.75) is 13.0 Å². The fourth-order valence-electron chi connectivity index (χ4n) is 2.71. The first-order chi connectivity index (χ1) is 14.0. The first-order valence-electron chi connectivity index (χ1n) is 9.13. The zero-order chi connectivity index (χ0) is 20.6. The fraction of sp³-hybridized carbons (Fsp3) is 0.0870. The number of amides is 1. The highest BCUT2D eigenvalue weighted by atomic mass is 16.1. The quantitative estimate of drug-likeness (QED) is 0.328. The van der Waals surface area contributed by atoms with Crippen LogP contribution in [0.1, 0.15) is 27.0 Å². The number of ketones is 1. The second-order valence-electron chi connectivity index (χ2n) is 6.59. The molecule has 2 aromatic carbocycles. The van der Waals surface area contributed by atoms with Gasteiger partial charge in [0, 0.05) is 36.5 Å². The summed E-state index contributed by atoms with van der Waals surface area (Å²) < 4.78 is 0. The SMILES string of the molecule is Nc1ccc(/C=C/C(=O)NCc2ccc(C(=O)Cc3ccncc3N)cc2)cc1. The molecule has 5 N–H and O–H groups in total. The maximum absolute atomic E-state index is 12.4. The third kappa shape index (κ3) is 5.77. The van der Waals surface area contributed by atoms with Crippen LogP contribution in [0.25, 0.3) is 6.08 Å². The van der Waals surface area contributed by atoms with Crippen molar-refractivity contribution in [3.8, 4) is 0 Å². The summed E-state index contributed by atoms with van der Waals surface area (Å²) in [5, 5.41) is 2.82. The van der Waals surface area contributed by atoms with Crippen LogP contribution in [0.3, 0.4) is 0 Å². The minimum Gasteiger partial charge on any atom is -0.399 e. The molecule has 1 heterocycles. The predicted molar refractivity (Wildman–Crippen MR) is 115 cm³/mol. The molecule has 6 heteroatoms. The first-order valence-corrected chi connectivity index (χ1v) is 9.13. The van der Waals surface area contributed by atoms with Gasteiger partial charge in [-0.3, -0.25) is 14.6 Å². The van der Waals surface area contributed by atoms with Gasteiger partial charge in [0.15, 0.2) is 5.78 Å². The molecule has 0 saturated heterocycles. The highest BCUT2D eigenvalue weighted by molar-refractivity contribution is 5.98. The van der Waals surface area contributed by atoms with E-state index in [0.717, 1.165) is 16.7 Å². The zero-order valence-corrected chi connectivity index (χ0v) is 15.8. The summed E-state index contributed by atoms with van der Waals surface area (Å²) in [4.78, 5) is 28.3. The number of pyridine rings is 1. The van der Waals surface area contributed by atoms with Gasteiger partial charge in [-0.05, 0) is 41.0 Å². The summed E-state index contributed by atoms with van der Waals surface area (Å²) in [5.41, 5.74) is 15.8. The third-order valence-corrected chi connectivity index (χ3v) is 4.40. The second kappa shape index (κ2) is 9.32. The second-order valence-corrected chi connectivity index (χ2v) is 6.59. The highest BCUT2D eigenvalue weighted by Gasteiger charge is 2.09. The summed E-state index contributed by atoms with van der Waals surface area (Å²) in [7, 11) is 0. The molecule has 0 saturated carbocycles. The molecule has 0 spiro atoms. The number of hydrogen-bond donors (Lipinski definition) is 3.